The molecule has 1 aliphatic heterocycles. The Morgan fingerprint density at radius 2 is 1.87 bits per heavy atom. The van der Waals surface area contributed by atoms with Crippen LogP contribution in [0.1, 0.15) is 30.2 Å². The van der Waals surface area contributed by atoms with E-state index < -0.39 is 0 Å². The predicted molar refractivity (Wildman–Crippen MR) is 135 cm³/mol. The first-order chi connectivity index (χ1) is 14.6. The summed E-state index contributed by atoms with van der Waals surface area (Å²) in [6.45, 7) is 3.74. The minimum Gasteiger partial charge on any atom is -0.469 e. The van der Waals surface area contributed by atoms with E-state index in [-0.39, 0.29) is 42.5 Å². The summed E-state index contributed by atoms with van der Waals surface area (Å²) in [7, 11) is 3.49. The second-order valence-electron chi connectivity index (χ2n) is 7.76. The van der Waals surface area contributed by atoms with Crippen LogP contribution in [0, 0.1) is 0 Å². The van der Waals surface area contributed by atoms with Gasteiger partial charge in [0.05, 0.1) is 12.3 Å². The third-order valence-corrected chi connectivity index (χ3v) is 5.34. The number of carbonyl (C=O) groups is 1. The van der Waals surface area contributed by atoms with Crippen LogP contribution in [0.5, 0.6) is 0 Å². The lowest BCUT2D eigenvalue weighted by Crippen LogP contribution is -2.43. The molecule has 0 saturated carbocycles. The zero-order chi connectivity index (χ0) is 21.2. The average Bonchev–Trinajstić information content (AvgIpc) is 3.46. The van der Waals surface area contributed by atoms with Crippen LogP contribution in [0.15, 0.2) is 58.1 Å². The third kappa shape index (κ3) is 8.17. The molecule has 170 valence electrons. The molecular weight excluding hydrogens is 505 g/mol. The molecule has 1 aliphatic rings. The number of guanidine groups is 1. The number of benzene rings is 1. The Hall–Kier alpha value is -2.07. The fraction of sp³-hybridized carbons (Fsp3) is 0.478. The van der Waals surface area contributed by atoms with Crippen LogP contribution in [-0.4, -0.2) is 68.5 Å². The minimum atomic E-state index is -0.0266. The lowest BCUT2D eigenvalue weighted by molar-refractivity contribution is -0.127. The minimum absolute atomic E-state index is 0. The molecule has 8 heteroatoms. The summed E-state index contributed by atoms with van der Waals surface area (Å²) in [6, 6.07) is 14.7. The molecule has 0 radical (unpaired) electrons. The standard InChI is InChI=1S/C23H33N5O2.HI/c1-27(2)22(29)18-26-23(24-13-12-20-11-8-16-30-20)25-17-21(28-14-6-7-15-28)19-9-4-3-5-10-19;/h3-5,8-11,16,21H,6-7,12-15,17-18H2,1-2H3,(H2,24,25,26);1H. The van der Waals surface area contributed by atoms with Crippen molar-refractivity contribution in [3.05, 3.63) is 60.1 Å². The first kappa shape index (κ1) is 25.2. The number of likely N-dealkylation sites (tertiary alicyclic amines) is 1. The zero-order valence-electron chi connectivity index (χ0n) is 18.4. The van der Waals surface area contributed by atoms with Gasteiger partial charge in [-0.2, -0.15) is 0 Å². The molecule has 31 heavy (non-hydrogen) atoms. The summed E-state index contributed by atoms with van der Waals surface area (Å²) < 4.78 is 5.40. The zero-order valence-corrected chi connectivity index (χ0v) is 20.7. The molecule has 1 unspecified atom stereocenters. The van der Waals surface area contributed by atoms with Gasteiger partial charge in [-0.05, 0) is 43.6 Å². The number of likely N-dealkylation sites (N-methyl/N-ethyl adjacent to an activating group) is 1. The Balaban J connectivity index is 0.00000341. The summed E-state index contributed by atoms with van der Waals surface area (Å²) in [5, 5.41) is 6.80. The summed E-state index contributed by atoms with van der Waals surface area (Å²) >= 11 is 0. The van der Waals surface area contributed by atoms with E-state index in [0.29, 0.717) is 12.5 Å². The Bertz CT molecular complexity index is 790. The van der Waals surface area contributed by atoms with E-state index in [1.165, 1.54) is 18.4 Å². The van der Waals surface area contributed by atoms with Crippen LogP contribution in [-0.2, 0) is 11.2 Å². The van der Waals surface area contributed by atoms with Gasteiger partial charge in [0.15, 0.2) is 5.96 Å². The average molecular weight is 539 g/mol. The van der Waals surface area contributed by atoms with E-state index in [2.05, 4.69) is 44.8 Å². The molecule has 1 aromatic carbocycles. The molecule has 1 amide bonds. The number of halogens is 1. The van der Waals surface area contributed by atoms with Gasteiger partial charge in [-0.3, -0.25) is 9.69 Å². The lowest BCUT2D eigenvalue weighted by Gasteiger charge is -2.29. The number of rotatable bonds is 9. The van der Waals surface area contributed by atoms with Crippen LogP contribution in [0.4, 0.5) is 0 Å². The highest BCUT2D eigenvalue weighted by atomic mass is 127. The molecule has 0 aliphatic carbocycles. The van der Waals surface area contributed by atoms with Crippen LogP contribution >= 0.6 is 24.0 Å². The van der Waals surface area contributed by atoms with Crippen molar-refractivity contribution in [2.75, 3.05) is 46.8 Å². The normalized spacial score (nSPS) is 15.2. The van der Waals surface area contributed by atoms with Crippen molar-refractivity contribution in [1.82, 2.24) is 20.4 Å². The smallest absolute Gasteiger partial charge is 0.243 e. The van der Waals surface area contributed by atoms with Gasteiger partial charge in [-0.15, -0.1) is 24.0 Å². The number of carbonyl (C=O) groups excluding carboxylic acids is 1. The van der Waals surface area contributed by atoms with Crippen molar-refractivity contribution < 1.29 is 9.21 Å². The van der Waals surface area contributed by atoms with Crippen molar-refractivity contribution in [2.24, 2.45) is 4.99 Å². The Morgan fingerprint density at radius 1 is 1.13 bits per heavy atom. The first-order valence-corrected chi connectivity index (χ1v) is 10.7. The number of furan rings is 1. The Labute approximate surface area is 202 Å². The van der Waals surface area contributed by atoms with E-state index >= 15 is 0 Å². The predicted octanol–water partition coefficient (Wildman–Crippen LogP) is 2.90. The SMILES string of the molecule is CN(C)C(=O)CN=C(NCCc1ccco1)NCC(c1ccccc1)N1CCCC1.I. The molecule has 1 atom stereocenters. The van der Waals surface area contributed by atoms with Crippen molar-refractivity contribution in [3.63, 3.8) is 0 Å². The molecule has 0 bridgehead atoms. The third-order valence-electron chi connectivity index (χ3n) is 5.34. The second kappa shape index (κ2) is 13.4. The van der Waals surface area contributed by atoms with Gasteiger partial charge >= 0.3 is 0 Å². The fourth-order valence-corrected chi connectivity index (χ4v) is 3.60. The largest absolute Gasteiger partial charge is 0.469 e. The highest BCUT2D eigenvalue weighted by molar-refractivity contribution is 14.0. The molecule has 1 saturated heterocycles. The number of nitrogens with zero attached hydrogens (tertiary/aromatic N) is 3. The van der Waals surface area contributed by atoms with Gasteiger partial charge in [0, 0.05) is 33.6 Å². The van der Waals surface area contributed by atoms with Crippen LogP contribution < -0.4 is 10.6 Å². The number of hydrogen-bond donors (Lipinski definition) is 2. The van der Waals surface area contributed by atoms with Gasteiger partial charge in [0.2, 0.25) is 5.91 Å². The Kier molecular flexibility index (Phi) is 10.9. The fourth-order valence-electron chi connectivity index (χ4n) is 3.60. The molecule has 1 fully saturated rings. The van der Waals surface area contributed by atoms with E-state index in [0.717, 1.165) is 31.8 Å². The second-order valence-corrected chi connectivity index (χ2v) is 7.76. The van der Waals surface area contributed by atoms with Gasteiger partial charge in [0.25, 0.3) is 0 Å². The maximum atomic E-state index is 12.0. The van der Waals surface area contributed by atoms with Gasteiger partial charge in [-0.1, -0.05) is 30.3 Å². The summed E-state index contributed by atoms with van der Waals surface area (Å²) in [4.78, 5) is 20.6. The monoisotopic (exact) mass is 539 g/mol. The molecule has 2 heterocycles. The molecule has 2 N–H and O–H groups in total. The molecule has 1 aromatic heterocycles. The summed E-state index contributed by atoms with van der Waals surface area (Å²) in [6.07, 6.45) is 4.91. The van der Waals surface area contributed by atoms with Crippen LogP contribution in [0.3, 0.4) is 0 Å². The maximum Gasteiger partial charge on any atom is 0.243 e. The van der Waals surface area contributed by atoms with Gasteiger partial charge in [-0.25, -0.2) is 4.99 Å². The topological polar surface area (TPSA) is 73.1 Å². The molecule has 2 aromatic rings. The number of amides is 1. The highest BCUT2D eigenvalue weighted by Crippen LogP contribution is 2.24. The maximum absolute atomic E-state index is 12.0. The van der Waals surface area contributed by atoms with Crippen molar-refractivity contribution >= 4 is 35.8 Å². The number of hydrogen-bond acceptors (Lipinski definition) is 4. The molecule has 0 spiro atoms. The van der Waals surface area contributed by atoms with Gasteiger partial charge < -0.3 is 20.0 Å². The van der Waals surface area contributed by atoms with E-state index in [1.807, 2.05) is 18.2 Å². The molecule has 7 nitrogen and oxygen atoms in total. The van der Waals surface area contributed by atoms with Crippen molar-refractivity contribution in [3.8, 4) is 0 Å². The van der Waals surface area contributed by atoms with Crippen molar-refractivity contribution in [1.29, 1.82) is 0 Å². The van der Waals surface area contributed by atoms with E-state index in [1.54, 1.807) is 25.3 Å². The van der Waals surface area contributed by atoms with E-state index in [9.17, 15) is 4.79 Å². The molecule has 3 rings (SSSR count). The van der Waals surface area contributed by atoms with Crippen molar-refractivity contribution in [2.45, 2.75) is 25.3 Å². The quantitative estimate of drug-likeness (QED) is 0.292. The van der Waals surface area contributed by atoms with E-state index in [4.69, 9.17) is 4.42 Å². The number of aliphatic imine (C=N–C) groups is 1. The van der Waals surface area contributed by atoms with Gasteiger partial charge in [0.1, 0.15) is 12.3 Å². The lowest BCUT2D eigenvalue weighted by atomic mass is 10.1. The first-order valence-electron chi connectivity index (χ1n) is 10.7. The molecular formula is C23H34IN5O2. The summed E-state index contributed by atoms with van der Waals surface area (Å²) in [5.41, 5.74) is 1.30. The van der Waals surface area contributed by atoms with Crippen LogP contribution in [0.2, 0.25) is 0 Å². The summed E-state index contributed by atoms with van der Waals surface area (Å²) in [5.74, 6) is 1.55. The highest BCUT2D eigenvalue weighted by Gasteiger charge is 2.23. The Morgan fingerprint density at radius 3 is 2.52 bits per heavy atom. The number of nitrogens with one attached hydrogen (secondary N) is 2. The van der Waals surface area contributed by atoms with Crippen LogP contribution in [0.25, 0.3) is 0 Å².